The number of unbranched alkanes of at least 4 members (excludes halogenated alkanes) is 15. The van der Waals surface area contributed by atoms with Gasteiger partial charge in [-0.2, -0.15) is 5.06 Å². The minimum absolute atomic E-state index is 0.0550. The normalized spacial score (nSPS) is 24.7. The van der Waals surface area contributed by atoms with Crippen LogP contribution in [0.3, 0.4) is 0 Å². The summed E-state index contributed by atoms with van der Waals surface area (Å²) in [7, 11) is 0. The summed E-state index contributed by atoms with van der Waals surface area (Å²) in [5.74, 6) is 0.136. The Morgan fingerprint density at radius 1 is 0.818 bits per heavy atom. The van der Waals surface area contributed by atoms with E-state index in [4.69, 9.17) is 9.57 Å². The van der Waals surface area contributed by atoms with Gasteiger partial charge in [0.25, 0.3) is 0 Å². The smallest absolute Gasteiger partial charge is 0.407 e. The third kappa shape index (κ3) is 12.7. The standard InChI is InChI=1S/C39H70N2O3/c1-8-11-12-13-14-15-16-17-18-19-20-21-22-23-24-28-31-40-37(42)43-36-32-38(6,9-2)41(39(7,10-3)33(36)4)44-34(5)35-29-26-25-27-30-35/h25-27,29-30,33-34,36H,8-24,28,31-32H2,1-7H3,(H,40,42). The van der Waals surface area contributed by atoms with E-state index in [-0.39, 0.29) is 35.3 Å². The minimum Gasteiger partial charge on any atom is -0.446 e. The van der Waals surface area contributed by atoms with E-state index in [2.05, 4.69) is 83.1 Å². The van der Waals surface area contributed by atoms with Crippen LogP contribution in [-0.4, -0.2) is 34.9 Å². The molecular weight excluding hydrogens is 544 g/mol. The largest absolute Gasteiger partial charge is 0.446 e. The average Bonchev–Trinajstić information content (AvgIpc) is 3.03. The number of benzene rings is 1. The van der Waals surface area contributed by atoms with Gasteiger partial charge in [-0.05, 0) is 45.6 Å². The Bertz CT molecular complexity index is 879. The first-order chi connectivity index (χ1) is 21.2. The summed E-state index contributed by atoms with van der Waals surface area (Å²) in [6, 6.07) is 10.4. The molecule has 2 rings (SSSR count). The number of ether oxygens (including phenoxy) is 1. The van der Waals surface area contributed by atoms with Crippen LogP contribution in [0.25, 0.3) is 0 Å². The van der Waals surface area contributed by atoms with Gasteiger partial charge in [-0.1, -0.05) is 154 Å². The number of carbonyl (C=O) groups excluding carboxylic acids is 1. The lowest BCUT2D eigenvalue weighted by Crippen LogP contribution is -2.68. The SMILES string of the molecule is CCCCCCCCCCCCCCCCCCNC(=O)OC1CC(C)(CC)N(OC(C)c2ccccc2)C(C)(CC)C1C. The minimum atomic E-state index is -0.272. The molecule has 0 saturated carbocycles. The predicted octanol–water partition coefficient (Wildman–Crippen LogP) is 11.7. The fourth-order valence-electron chi connectivity index (χ4n) is 7.03. The van der Waals surface area contributed by atoms with Crippen LogP contribution in [0.5, 0.6) is 0 Å². The van der Waals surface area contributed by atoms with Crippen LogP contribution in [0.15, 0.2) is 30.3 Å². The molecule has 5 unspecified atom stereocenters. The van der Waals surface area contributed by atoms with Crippen molar-refractivity contribution < 1.29 is 14.4 Å². The van der Waals surface area contributed by atoms with Crippen molar-refractivity contribution >= 4 is 6.09 Å². The van der Waals surface area contributed by atoms with Crippen molar-refractivity contribution in [2.75, 3.05) is 6.54 Å². The maximum absolute atomic E-state index is 12.9. The summed E-state index contributed by atoms with van der Waals surface area (Å²) >= 11 is 0. The number of nitrogens with zero attached hydrogens (tertiary/aromatic N) is 1. The molecule has 1 aliphatic rings. The van der Waals surface area contributed by atoms with Crippen molar-refractivity contribution in [3.05, 3.63) is 35.9 Å². The molecule has 5 atom stereocenters. The maximum Gasteiger partial charge on any atom is 0.407 e. The highest BCUT2D eigenvalue weighted by atomic mass is 16.7. The lowest BCUT2D eigenvalue weighted by atomic mass is 9.69. The predicted molar refractivity (Wildman–Crippen MR) is 187 cm³/mol. The first-order valence-corrected chi connectivity index (χ1v) is 18.7. The highest BCUT2D eigenvalue weighted by Gasteiger charge is 2.55. The first-order valence-electron chi connectivity index (χ1n) is 18.7. The third-order valence-corrected chi connectivity index (χ3v) is 10.7. The number of piperidine rings is 1. The van der Waals surface area contributed by atoms with Crippen LogP contribution in [0.2, 0.25) is 0 Å². The molecule has 1 saturated heterocycles. The van der Waals surface area contributed by atoms with Crippen LogP contribution in [-0.2, 0) is 9.57 Å². The summed E-state index contributed by atoms with van der Waals surface area (Å²) in [5.41, 5.74) is 0.674. The molecule has 0 radical (unpaired) electrons. The second-order valence-corrected chi connectivity index (χ2v) is 14.2. The summed E-state index contributed by atoms with van der Waals surface area (Å²) in [5, 5.41) is 5.31. The second kappa shape index (κ2) is 21.3. The molecule has 1 heterocycles. The van der Waals surface area contributed by atoms with E-state index in [1.165, 1.54) is 102 Å². The van der Waals surface area contributed by atoms with Gasteiger partial charge in [0.2, 0.25) is 0 Å². The van der Waals surface area contributed by atoms with E-state index in [0.29, 0.717) is 6.54 Å². The number of hydrogen-bond acceptors (Lipinski definition) is 4. The Morgan fingerprint density at radius 3 is 1.80 bits per heavy atom. The molecule has 1 amide bonds. The molecule has 254 valence electrons. The monoisotopic (exact) mass is 615 g/mol. The number of carbonyl (C=O) groups is 1. The fourth-order valence-corrected chi connectivity index (χ4v) is 7.03. The van der Waals surface area contributed by atoms with Gasteiger partial charge in [0.1, 0.15) is 12.2 Å². The van der Waals surface area contributed by atoms with Gasteiger partial charge in [-0.25, -0.2) is 4.79 Å². The van der Waals surface area contributed by atoms with Crippen molar-refractivity contribution in [2.24, 2.45) is 5.92 Å². The van der Waals surface area contributed by atoms with E-state index >= 15 is 0 Å². The number of hydrogen-bond donors (Lipinski definition) is 1. The average molecular weight is 615 g/mol. The molecule has 0 bridgehead atoms. The molecule has 0 spiro atoms. The van der Waals surface area contributed by atoms with Crippen molar-refractivity contribution in [2.45, 2.75) is 194 Å². The Balaban J connectivity index is 1.65. The van der Waals surface area contributed by atoms with Crippen LogP contribution < -0.4 is 5.32 Å². The number of alkyl carbamates (subject to hydrolysis) is 1. The summed E-state index contributed by atoms with van der Waals surface area (Å²) < 4.78 is 6.13. The first kappa shape index (κ1) is 38.6. The summed E-state index contributed by atoms with van der Waals surface area (Å²) in [6.45, 7) is 16.3. The zero-order valence-electron chi connectivity index (χ0n) is 29.9. The van der Waals surface area contributed by atoms with Crippen molar-refractivity contribution in [1.82, 2.24) is 10.4 Å². The second-order valence-electron chi connectivity index (χ2n) is 14.2. The van der Waals surface area contributed by atoms with Crippen molar-refractivity contribution in [3.63, 3.8) is 0 Å². The van der Waals surface area contributed by atoms with Crippen LogP contribution >= 0.6 is 0 Å². The van der Waals surface area contributed by atoms with E-state index in [9.17, 15) is 4.79 Å². The van der Waals surface area contributed by atoms with Crippen LogP contribution in [0.4, 0.5) is 4.79 Å². The van der Waals surface area contributed by atoms with Gasteiger partial charge in [-0.3, -0.25) is 4.84 Å². The molecule has 0 aliphatic carbocycles. The fraction of sp³-hybridized carbons (Fsp3) is 0.821. The highest BCUT2D eigenvalue weighted by Crippen LogP contribution is 2.48. The number of rotatable bonds is 23. The van der Waals surface area contributed by atoms with Gasteiger partial charge >= 0.3 is 6.09 Å². The molecule has 5 heteroatoms. The van der Waals surface area contributed by atoms with Crippen LogP contribution in [0, 0.1) is 5.92 Å². The van der Waals surface area contributed by atoms with Gasteiger partial charge in [0.15, 0.2) is 0 Å². The molecule has 1 aliphatic heterocycles. The molecule has 44 heavy (non-hydrogen) atoms. The molecular formula is C39H70N2O3. The highest BCUT2D eigenvalue weighted by molar-refractivity contribution is 5.67. The van der Waals surface area contributed by atoms with Gasteiger partial charge in [0.05, 0.1) is 0 Å². The lowest BCUT2D eigenvalue weighted by Gasteiger charge is -2.59. The van der Waals surface area contributed by atoms with E-state index in [0.717, 1.165) is 25.7 Å². The Morgan fingerprint density at radius 2 is 1.32 bits per heavy atom. The zero-order valence-corrected chi connectivity index (χ0v) is 29.9. The van der Waals surface area contributed by atoms with Gasteiger partial charge < -0.3 is 10.1 Å². The van der Waals surface area contributed by atoms with Gasteiger partial charge in [-0.15, -0.1) is 0 Å². The molecule has 1 N–H and O–H groups in total. The van der Waals surface area contributed by atoms with Crippen molar-refractivity contribution in [1.29, 1.82) is 0 Å². The summed E-state index contributed by atoms with van der Waals surface area (Å²) in [4.78, 5) is 19.6. The topological polar surface area (TPSA) is 50.8 Å². The maximum atomic E-state index is 12.9. The lowest BCUT2D eigenvalue weighted by molar-refractivity contribution is -0.335. The number of hydroxylamine groups is 2. The number of amides is 1. The van der Waals surface area contributed by atoms with Gasteiger partial charge in [0, 0.05) is 30.0 Å². The zero-order chi connectivity index (χ0) is 32.3. The Kier molecular flexibility index (Phi) is 18.6. The quantitative estimate of drug-likeness (QED) is 0.125. The van der Waals surface area contributed by atoms with Crippen molar-refractivity contribution in [3.8, 4) is 0 Å². The van der Waals surface area contributed by atoms with E-state index in [1.807, 2.05) is 6.07 Å². The third-order valence-electron chi connectivity index (χ3n) is 10.7. The van der Waals surface area contributed by atoms with E-state index < -0.39 is 0 Å². The van der Waals surface area contributed by atoms with Crippen LogP contribution in [0.1, 0.15) is 182 Å². The molecule has 0 aromatic heterocycles. The molecule has 1 aromatic carbocycles. The Labute approximate surface area is 272 Å². The number of nitrogens with one attached hydrogen (secondary N) is 1. The molecule has 1 fully saturated rings. The molecule has 5 nitrogen and oxygen atoms in total. The van der Waals surface area contributed by atoms with E-state index in [1.54, 1.807) is 0 Å². The molecule has 1 aromatic rings. The summed E-state index contributed by atoms with van der Waals surface area (Å²) in [6.07, 6.45) is 23.7. The Hall–Kier alpha value is -1.59.